The SMILES string of the molecule is c1ccc(Oc2ccc(Nc3ncnc4c3cnn4-c3ccccn3)cc2)cc1. The molecule has 0 saturated heterocycles. The van der Waals surface area contributed by atoms with E-state index in [0.717, 1.165) is 22.6 Å². The molecule has 3 aromatic heterocycles. The smallest absolute Gasteiger partial charge is 0.170 e. The highest BCUT2D eigenvalue weighted by molar-refractivity contribution is 5.88. The number of para-hydroxylation sites is 1. The molecule has 2 aromatic carbocycles. The number of aromatic nitrogens is 5. The second-order valence-corrected chi connectivity index (χ2v) is 6.27. The summed E-state index contributed by atoms with van der Waals surface area (Å²) in [6.45, 7) is 0. The van der Waals surface area contributed by atoms with Gasteiger partial charge in [-0.1, -0.05) is 24.3 Å². The topological polar surface area (TPSA) is 77.8 Å². The second-order valence-electron chi connectivity index (χ2n) is 6.27. The van der Waals surface area contributed by atoms with Gasteiger partial charge in [0.05, 0.1) is 11.6 Å². The number of rotatable bonds is 5. The fourth-order valence-electron chi connectivity index (χ4n) is 2.96. The first kappa shape index (κ1) is 16.9. The van der Waals surface area contributed by atoms with Gasteiger partial charge in [0.1, 0.15) is 23.6 Å². The normalized spacial score (nSPS) is 10.8. The quantitative estimate of drug-likeness (QED) is 0.474. The highest BCUT2D eigenvalue weighted by Gasteiger charge is 2.12. The molecule has 3 heterocycles. The standard InChI is InChI=1S/C22H16N6O/c1-2-6-17(7-3-1)29-18-11-9-16(10-12-18)27-21-19-14-26-28(22(19)25-15-24-21)20-8-4-5-13-23-20/h1-15H,(H,24,25,27). The van der Waals surface area contributed by atoms with Crippen molar-refractivity contribution in [2.75, 3.05) is 5.32 Å². The summed E-state index contributed by atoms with van der Waals surface area (Å²) in [5.41, 5.74) is 1.57. The number of anilines is 2. The summed E-state index contributed by atoms with van der Waals surface area (Å²) in [4.78, 5) is 13.1. The van der Waals surface area contributed by atoms with Crippen LogP contribution in [-0.2, 0) is 0 Å². The van der Waals surface area contributed by atoms with E-state index in [1.54, 1.807) is 17.1 Å². The molecule has 0 amide bonds. The number of pyridine rings is 1. The maximum atomic E-state index is 5.83. The molecule has 5 rings (SSSR count). The van der Waals surface area contributed by atoms with E-state index >= 15 is 0 Å². The van der Waals surface area contributed by atoms with E-state index in [9.17, 15) is 0 Å². The van der Waals surface area contributed by atoms with E-state index in [0.29, 0.717) is 17.3 Å². The summed E-state index contributed by atoms with van der Waals surface area (Å²) in [5, 5.41) is 8.55. The van der Waals surface area contributed by atoms with Gasteiger partial charge in [0.15, 0.2) is 11.5 Å². The third-order valence-corrected chi connectivity index (χ3v) is 4.33. The van der Waals surface area contributed by atoms with Gasteiger partial charge in [0, 0.05) is 11.9 Å². The van der Waals surface area contributed by atoms with Crippen molar-refractivity contribution < 1.29 is 4.74 Å². The van der Waals surface area contributed by atoms with Crippen LogP contribution in [-0.4, -0.2) is 24.7 Å². The number of nitrogens with zero attached hydrogens (tertiary/aromatic N) is 5. The lowest BCUT2D eigenvalue weighted by atomic mass is 10.3. The Hall–Kier alpha value is -4.26. The summed E-state index contributed by atoms with van der Waals surface area (Å²) in [7, 11) is 0. The maximum Gasteiger partial charge on any atom is 0.170 e. The van der Waals surface area contributed by atoms with Crippen molar-refractivity contribution in [3.05, 3.63) is 91.5 Å². The van der Waals surface area contributed by atoms with E-state index in [-0.39, 0.29) is 0 Å². The summed E-state index contributed by atoms with van der Waals surface area (Å²) in [6.07, 6.45) is 4.97. The Bertz CT molecular complexity index is 1240. The minimum Gasteiger partial charge on any atom is -0.457 e. The van der Waals surface area contributed by atoms with Crippen LogP contribution in [0.15, 0.2) is 91.5 Å². The molecule has 7 heteroatoms. The molecule has 5 aromatic rings. The fraction of sp³-hybridized carbons (Fsp3) is 0. The fourth-order valence-corrected chi connectivity index (χ4v) is 2.96. The Morgan fingerprint density at radius 3 is 2.34 bits per heavy atom. The molecule has 0 aliphatic heterocycles. The van der Waals surface area contributed by atoms with Crippen molar-refractivity contribution in [3.8, 4) is 17.3 Å². The van der Waals surface area contributed by atoms with Gasteiger partial charge in [-0.05, 0) is 48.5 Å². The number of hydrogen-bond acceptors (Lipinski definition) is 6. The lowest BCUT2D eigenvalue weighted by Crippen LogP contribution is -2.01. The molecule has 140 valence electrons. The molecule has 0 atom stereocenters. The Morgan fingerprint density at radius 2 is 1.55 bits per heavy atom. The third-order valence-electron chi connectivity index (χ3n) is 4.33. The number of benzene rings is 2. The number of fused-ring (bicyclic) bond motifs is 1. The van der Waals surface area contributed by atoms with Crippen LogP contribution in [0.4, 0.5) is 11.5 Å². The average molecular weight is 380 g/mol. The first-order valence-corrected chi connectivity index (χ1v) is 9.07. The van der Waals surface area contributed by atoms with Crippen LogP contribution >= 0.6 is 0 Å². The highest BCUT2D eigenvalue weighted by atomic mass is 16.5. The van der Waals surface area contributed by atoms with Gasteiger partial charge in [0.25, 0.3) is 0 Å². The number of hydrogen-bond donors (Lipinski definition) is 1. The molecule has 0 aliphatic carbocycles. The van der Waals surface area contributed by atoms with E-state index in [4.69, 9.17) is 4.74 Å². The van der Waals surface area contributed by atoms with Crippen LogP contribution in [0.3, 0.4) is 0 Å². The van der Waals surface area contributed by atoms with Gasteiger partial charge in [-0.15, -0.1) is 0 Å². The lowest BCUT2D eigenvalue weighted by Gasteiger charge is -2.09. The predicted molar refractivity (Wildman–Crippen MR) is 111 cm³/mol. The first-order valence-electron chi connectivity index (χ1n) is 9.07. The minimum atomic E-state index is 0.675. The van der Waals surface area contributed by atoms with E-state index in [2.05, 4.69) is 25.4 Å². The van der Waals surface area contributed by atoms with Crippen molar-refractivity contribution in [2.45, 2.75) is 0 Å². The second kappa shape index (κ2) is 7.40. The zero-order valence-corrected chi connectivity index (χ0v) is 15.3. The van der Waals surface area contributed by atoms with Crippen molar-refractivity contribution in [1.29, 1.82) is 0 Å². The van der Waals surface area contributed by atoms with E-state index < -0.39 is 0 Å². The third kappa shape index (κ3) is 3.49. The molecular formula is C22H16N6O. The van der Waals surface area contributed by atoms with Gasteiger partial charge in [0.2, 0.25) is 0 Å². The van der Waals surface area contributed by atoms with E-state index in [1.807, 2.05) is 72.8 Å². The summed E-state index contributed by atoms with van der Waals surface area (Å²) >= 11 is 0. The van der Waals surface area contributed by atoms with Crippen LogP contribution in [0.1, 0.15) is 0 Å². The van der Waals surface area contributed by atoms with Crippen LogP contribution in [0.25, 0.3) is 16.9 Å². The van der Waals surface area contributed by atoms with Crippen LogP contribution in [0.5, 0.6) is 11.5 Å². The monoisotopic (exact) mass is 380 g/mol. The molecule has 7 nitrogen and oxygen atoms in total. The molecule has 0 unspecified atom stereocenters. The summed E-state index contributed by atoms with van der Waals surface area (Å²) in [5.74, 6) is 2.94. The Labute approximate surface area is 166 Å². The van der Waals surface area contributed by atoms with Crippen molar-refractivity contribution in [1.82, 2.24) is 24.7 Å². The largest absolute Gasteiger partial charge is 0.457 e. The zero-order chi connectivity index (χ0) is 19.5. The van der Waals surface area contributed by atoms with Crippen LogP contribution in [0, 0.1) is 0 Å². The van der Waals surface area contributed by atoms with Crippen LogP contribution in [0.2, 0.25) is 0 Å². The van der Waals surface area contributed by atoms with Crippen molar-refractivity contribution in [3.63, 3.8) is 0 Å². The average Bonchev–Trinajstić information content (AvgIpc) is 3.22. The lowest BCUT2D eigenvalue weighted by molar-refractivity contribution is 0.483. The molecular weight excluding hydrogens is 364 g/mol. The Balaban J connectivity index is 1.40. The Morgan fingerprint density at radius 1 is 0.759 bits per heavy atom. The van der Waals surface area contributed by atoms with Crippen LogP contribution < -0.4 is 10.1 Å². The molecule has 0 bridgehead atoms. The summed E-state index contributed by atoms with van der Waals surface area (Å²) in [6, 6.07) is 23.0. The Kier molecular flexibility index (Phi) is 4.31. The van der Waals surface area contributed by atoms with Gasteiger partial charge in [-0.25, -0.2) is 15.0 Å². The molecule has 0 fully saturated rings. The van der Waals surface area contributed by atoms with Gasteiger partial charge < -0.3 is 10.1 Å². The molecule has 29 heavy (non-hydrogen) atoms. The number of nitrogens with one attached hydrogen (secondary N) is 1. The molecule has 1 N–H and O–H groups in total. The first-order chi connectivity index (χ1) is 14.4. The highest BCUT2D eigenvalue weighted by Crippen LogP contribution is 2.26. The predicted octanol–water partition coefficient (Wildman–Crippen LogP) is 4.75. The van der Waals surface area contributed by atoms with Gasteiger partial charge in [-0.3, -0.25) is 0 Å². The molecule has 0 spiro atoms. The molecule has 0 saturated carbocycles. The number of ether oxygens (including phenoxy) is 1. The van der Waals surface area contributed by atoms with Crippen molar-refractivity contribution >= 4 is 22.5 Å². The van der Waals surface area contributed by atoms with Gasteiger partial charge in [-0.2, -0.15) is 9.78 Å². The minimum absolute atomic E-state index is 0.675. The molecule has 0 aliphatic rings. The van der Waals surface area contributed by atoms with E-state index in [1.165, 1.54) is 6.33 Å². The van der Waals surface area contributed by atoms with Crippen molar-refractivity contribution in [2.24, 2.45) is 0 Å². The summed E-state index contributed by atoms with van der Waals surface area (Å²) < 4.78 is 7.53. The van der Waals surface area contributed by atoms with Gasteiger partial charge >= 0.3 is 0 Å². The molecule has 0 radical (unpaired) electrons. The maximum absolute atomic E-state index is 5.83. The zero-order valence-electron chi connectivity index (χ0n) is 15.3.